The lowest BCUT2D eigenvalue weighted by Gasteiger charge is -2.23. The van der Waals surface area contributed by atoms with Gasteiger partial charge >= 0.3 is 0 Å². The number of nitrogens with one attached hydrogen (secondary N) is 2. The topological polar surface area (TPSA) is 59.0 Å². The molecule has 1 aromatic carbocycles. The van der Waals surface area contributed by atoms with Gasteiger partial charge in [0.1, 0.15) is 5.82 Å². The van der Waals surface area contributed by atoms with Gasteiger partial charge in [0.25, 0.3) is 0 Å². The Hall–Kier alpha value is -1.92. The Morgan fingerprint density at radius 3 is 2.72 bits per heavy atom. The summed E-state index contributed by atoms with van der Waals surface area (Å²) in [7, 11) is 0. The molecule has 1 fully saturated rings. The zero-order valence-corrected chi connectivity index (χ0v) is 15.3. The first-order chi connectivity index (χ1) is 11.5. The minimum atomic E-state index is -0.277. The zero-order chi connectivity index (χ0) is 17.1. The molecule has 1 saturated heterocycles. The number of amides is 1. The van der Waals surface area contributed by atoms with Crippen LogP contribution in [0.4, 0.5) is 4.39 Å². The molecule has 1 aromatic heterocycles. The minimum Gasteiger partial charge on any atom is -0.352 e. The maximum atomic E-state index is 13.1. The summed E-state index contributed by atoms with van der Waals surface area (Å²) >= 11 is 0. The molecule has 0 radical (unpaired) electrons. The molecule has 5 nitrogen and oxygen atoms in total. The van der Waals surface area contributed by atoms with E-state index in [4.69, 9.17) is 0 Å². The Bertz CT molecular complexity index is 723. The Morgan fingerprint density at radius 1 is 1.36 bits per heavy atom. The highest BCUT2D eigenvalue weighted by molar-refractivity contribution is 5.85. The Labute approximate surface area is 153 Å². The van der Waals surface area contributed by atoms with Crippen LogP contribution in [0.25, 0.3) is 5.69 Å². The molecule has 1 unspecified atom stereocenters. The van der Waals surface area contributed by atoms with Crippen LogP contribution in [0.5, 0.6) is 0 Å². The van der Waals surface area contributed by atoms with Crippen LogP contribution in [0.3, 0.4) is 0 Å². The molecular weight excluding hydrogens is 343 g/mol. The van der Waals surface area contributed by atoms with Crippen molar-refractivity contribution in [3.63, 3.8) is 0 Å². The maximum Gasteiger partial charge on any atom is 0.224 e. The average Bonchev–Trinajstić information content (AvgIpc) is 2.85. The summed E-state index contributed by atoms with van der Waals surface area (Å²) in [5.41, 5.74) is 3.46. The minimum absolute atomic E-state index is 0. The fraction of sp³-hybridized carbons (Fsp3) is 0.444. The van der Waals surface area contributed by atoms with E-state index in [9.17, 15) is 9.18 Å². The molecule has 1 aliphatic heterocycles. The second-order valence-corrected chi connectivity index (χ2v) is 6.33. The molecule has 0 aliphatic carbocycles. The molecule has 1 aliphatic rings. The lowest BCUT2D eigenvalue weighted by atomic mass is 10.1. The van der Waals surface area contributed by atoms with Crippen molar-refractivity contribution in [2.75, 3.05) is 13.1 Å². The lowest BCUT2D eigenvalue weighted by molar-refractivity contribution is -0.121. The van der Waals surface area contributed by atoms with Crippen LogP contribution in [-0.2, 0) is 11.2 Å². The third-order valence-electron chi connectivity index (χ3n) is 4.51. The third kappa shape index (κ3) is 4.58. The smallest absolute Gasteiger partial charge is 0.224 e. The maximum absolute atomic E-state index is 13.1. The van der Waals surface area contributed by atoms with Crippen LogP contribution >= 0.6 is 12.4 Å². The number of hydrogen-bond donors (Lipinski definition) is 2. The summed E-state index contributed by atoms with van der Waals surface area (Å²) < 4.78 is 14.9. The van der Waals surface area contributed by atoms with Gasteiger partial charge in [0.15, 0.2) is 0 Å². The van der Waals surface area contributed by atoms with Gasteiger partial charge in [0.05, 0.1) is 17.8 Å². The first-order valence-electron chi connectivity index (χ1n) is 8.35. The quantitative estimate of drug-likeness (QED) is 0.873. The van der Waals surface area contributed by atoms with Crippen molar-refractivity contribution in [3.8, 4) is 5.69 Å². The molecule has 1 amide bonds. The van der Waals surface area contributed by atoms with Gasteiger partial charge in [-0.25, -0.2) is 9.07 Å². The number of carbonyl (C=O) groups excluding carboxylic acids is 1. The number of halogens is 2. The monoisotopic (exact) mass is 366 g/mol. The van der Waals surface area contributed by atoms with Gasteiger partial charge in [-0.15, -0.1) is 12.4 Å². The molecule has 3 rings (SSSR count). The number of piperidine rings is 1. The van der Waals surface area contributed by atoms with E-state index < -0.39 is 0 Å². The molecule has 1 atom stereocenters. The Balaban J connectivity index is 0.00000225. The number of aromatic nitrogens is 2. The molecular formula is C18H24ClFN4O. The van der Waals surface area contributed by atoms with Crippen LogP contribution in [0.1, 0.15) is 29.8 Å². The molecule has 2 heterocycles. The number of rotatable bonds is 4. The van der Waals surface area contributed by atoms with Crippen molar-refractivity contribution in [1.82, 2.24) is 20.4 Å². The lowest BCUT2D eigenvalue weighted by Crippen LogP contribution is -2.46. The third-order valence-corrected chi connectivity index (χ3v) is 4.51. The second-order valence-electron chi connectivity index (χ2n) is 6.33. The Kier molecular flexibility index (Phi) is 6.56. The average molecular weight is 367 g/mol. The fourth-order valence-electron chi connectivity index (χ4n) is 3.18. The molecule has 0 bridgehead atoms. The van der Waals surface area contributed by atoms with E-state index in [0.29, 0.717) is 6.42 Å². The summed E-state index contributed by atoms with van der Waals surface area (Å²) in [5.74, 6) is -0.255. The van der Waals surface area contributed by atoms with Crippen molar-refractivity contribution in [2.45, 2.75) is 39.2 Å². The van der Waals surface area contributed by atoms with Crippen LogP contribution in [-0.4, -0.2) is 34.8 Å². The highest BCUT2D eigenvalue weighted by Gasteiger charge is 2.19. The van der Waals surface area contributed by atoms with Crippen LogP contribution < -0.4 is 10.6 Å². The number of benzene rings is 1. The molecule has 136 valence electrons. The molecule has 0 spiro atoms. The number of aryl methyl sites for hydroxylation is 1. The summed E-state index contributed by atoms with van der Waals surface area (Å²) in [6, 6.07) is 6.40. The van der Waals surface area contributed by atoms with Gasteiger partial charge < -0.3 is 10.6 Å². The van der Waals surface area contributed by atoms with Crippen LogP contribution in [0.2, 0.25) is 0 Å². The van der Waals surface area contributed by atoms with E-state index in [1.54, 1.807) is 16.8 Å². The summed E-state index contributed by atoms with van der Waals surface area (Å²) in [4.78, 5) is 12.4. The summed E-state index contributed by atoms with van der Waals surface area (Å²) in [6.45, 7) is 5.69. The fourth-order valence-corrected chi connectivity index (χ4v) is 3.18. The second kappa shape index (κ2) is 8.45. The highest BCUT2D eigenvalue weighted by atomic mass is 35.5. The molecule has 7 heteroatoms. The van der Waals surface area contributed by atoms with Crippen molar-refractivity contribution in [2.24, 2.45) is 0 Å². The normalized spacial score (nSPS) is 17.0. The van der Waals surface area contributed by atoms with Crippen molar-refractivity contribution in [3.05, 3.63) is 47.0 Å². The standard InChI is InChI=1S/C18H23FN4O.ClH/c1-12-17(10-18(24)21-15-4-3-9-20-11-15)13(2)23(22-12)16-7-5-14(19)6-8-16;/h5-8,15,20H,3-4,9-11H2,1-2H3,(H,21,24);1H. The molecule has 2 aromatic rings. The zero-order valence-electron chi connectivity index (χ0n) is 14.5. The first kappa shape index (κ1) is 19.4. The van der Waals surface area contributed by atoms with Crippen LogP contribution in [0.15, 0.2) is 24.3 Å². The predicted molar refractivity (Wildman–Crippen MR) is 98.0 cm³/mol. The SMILES string of the molecule is Cc1nn(-c2ccc(F)cc2)c(C)c1CC(=O)NC1CCCNC1.Cl. The van der Waals surface area contributed by atoms with Crippen LogP contribution in [0, 0.1) is 19.7 Å². The number of carbonyl (C=O) groups is 1. The van der Waals surface area contributed by atoms with Gasteiger partial charge in [-0.05, 0) is 57.5 Å². The molecule has 0 saturated carbocycles. The predicted octanol–water partition coefficient (Wildman–Crippen LogP) is 2.46. The van der Waals surface area contributed by atoms with E-state index in [-0.39, 0.29) is 30.2 Å². The van der Waals surface area contributed by atoms with E-state index in [1.807, 2.05) is 13.8 Å². The van der Waals surface area contributed by atoms with Crippen molar-refractivity contribution < 1.29 is 9.18 Å². The van der Waals surface area contributed by atoms with Gasteiger partial charge in [0.2, 0.25) is 5.91 Å². The van der Waals surface area contributed by atoms with E-state index in [0.717, 1.165) is 48.6 Å². The Morgan fingerprint density at radius 2 is 2.08 bits per heavy atom. The number of hydrogen-bond acceptors (Lipinski definition) is 3. The molecule has 25 heavy (non-hydrogen) atoms. The van der Waals surface area contributed by atoms with Gasteiger partial charge in [0, 0.05) is 23.8 Å². The van der Waals surface area contributed by atoms with Crippen molar-refractivity contribution >= 4 is 18.3 Å². The van der Waals surface area contributed by atoms with Crippen molar-refractivity contribution in [1.29, 1.82) is 0 Å². The number of nitrogens with zero attached hydrogens (tertiary/aromatic N) is 2. The molecule has 2 N–H and O–H groups in total. The van der Waals surface area contributed by atoms with Gasteiger partial charge in [-0.3, -0.25) is 4.79 Å². The highest BCUT2D eigenvalue weighted by Crippen LogP contribution is 2.19. The summed E-state index contributed by atoms with van der Waals surface area (Å²) in [6.07, 6.45) is 2.42. The van der Waals surface area contributed by atoms with E-state index in [1.165, 1.54) is 12.1 Å². The summed E-state index contributed by atoms with van der Waals surface area (Å²) in [5, 5.41) is 10.9. The van der Waals surface area contributed by atoms with Gasteiger partial charge in [-0.1, -0.05) is 0 Å². The first-order valence-corrected chi connectivity index (χ1v) is 8.35. The van der Waals surface area contributed by atoms with E-state index >= 15 is 0 Å². The largest absolute Gasteiger partial charge is 0.352 e. The van der Waals surface area contributed by atoms with Gasteiger partial charge in [-0.2, -0.15) is 5.10 Å². The van der Waals surface area contributed by atoms with E-state index in [2.05, 4.69) is 15.7 Å².